The molecule has 0 fully saturated rings. The summed E-state index contributed by atoms with van der Waals surface area (Å²) in [6.45, 7) is 1.86. The van der Waals surface area contributed by atoms with E-state index in [4.69, 9.17) is 16.3 Å². The number of anilines is 2. The molecule has 0 aliphatic carbocycles. The van der Waals surface area contributed by atoms with Crippen molar-refractivity contribution < 1.29 is 14.3 Å². The van der Waals surface area contributed by atoms with Gasteiger partial charge in [0.2, 0.25) is 0 Å². The average Bonchev–Trinajstić information content (AvgIpc) is 2.70. The molecule has 0 bridgehead atoms. The van der Waals surface area contributed by atoms with Gasteiger partial charge in [-0.15, -0.1) is 0 Å². The Morgan fingerprint density at radius 1 is 0.857 bits per heavy atom. The van der Waals surface area contributed by atoms with E-state index in [1.54, 1.807) is 48.5 Å². The number of hydrogen-bond donors (Lipinski definition) is 2. The van der Waals surface area contributed by atoms with Crippen molar-refractivity contribution in [2.45, 2.75) is 6.92 Å². The summed E-state index contributed by atoms with van der Waals surface area (Å²) in [6, 6.07) is 19.2. The van der Waals surface area contributed by atoms with Crippen LogP contribution in [0.1, 0.15) is 26.3 Å². The predicted octanol–water partition coefficient (Wildman–Crippen LogP) is 5.16. The number of halogens is 1. The molecule has 0 aromatic heterocycles. The lowest BCUT2D eigenvalue weighted by molar-refractivity contribution is 0.101. The van der Waals surface area contributed by atoms with Crippen LogP contribution in [0.4, 0.5) is 11.4 Å². The molecule has 0 unspecified atom stereocenters. The highest BCUT2D eigenvalue weighted by Gasteiger charge is 2.16. The van der Waals surface area contributed by atoms with Gasteiger partial charge in [-0.25, -0.2) is 0 Å². The Labute approximate surface area is 168 Å². The van der Waals surface area contributed by atoms with E-state index in [0.29, 0.717) is 28.3 Å². The molecule has 28 heavy (non-hydrogen) atoms. The van der Waals surface area contributed by atoms with Crippen LogP contribution in [0.2, 0.25) is 5.02 Å². The molecule has 0 aliphatic rings. The summed E-state index contributed by atoms with van der Waals surface area (Å²) in [5, 5.41) is 5.85. The summed E-state index contributed by atoms with van der Waals surface area (Å²) < 4.78 is 5.36. The molecule has 0 saturated heterocycles. The van der Waals surface area contributed by atoms with Crippen molar-refractivity contribution in [3.05, 3.63) is 88.4 Å². The fraction of sp³-hybridized carbons (Fsp3) is 0.0909. The number of amides is 2. The lowest BCUT2D eigenvalue weighted by Gasteiger charge is -2.15. The van der Waals surface area contributed by atoms with Gasteiger partial charge in [0.05, 0.1) is 23.5 Å². The minimum absolute atomic E-state index is 0.275. The monoisotopic (exact) mass is 394 g/mol. The predicted molar refractivity (Wildman–Crippen MR) is 112 cm³/mol. The molecule has 0 aliphatic heterocycles. The molecule has 0 saturated carbocycles. The Morgan fingerprint density at radius 2 is 1.50 bits per heavy atom. The van der Waals surface area contributed by atoms with Crippen molar-refractivity contribution in [1.29, 1.82) is 0 Å². The maximum Gasteiger partial charge on any atom is 0.255 e. The summed E-state index contributed by atoms with van der Waals surface area (Å²) in [5.74, 6) is -0.177. The fourth-order valence-electron chi connectivity index (χ4n) is 2.72. The van der Waals surface area contributed by atoms with Crippen LogP contribution < -0.4 is 15.4 Å². The first-order valence-electron chi connectivity index (χ1n) is 8.60. The van der Waals surface area contributed by atoms with E-state index in [1.807, 2.05) is 25.1 Å². The molecule has 2 N–H and O–H groups in total. The second-order valence-corrected chi connectivity index (χ2v) is 6.53. The van der Waals surface area contributed by atoms with Crippen LogP contribution in [-0.2, 0) is 0 Å². The molecule has 2 amide bonds. The van der Waals surface area contributed by atoms with E-state index in [0.717, 1.165) is 5.56 Å². The first kappa shape index (κ1) is 19.5. The molecule has 0 spiro atoms. The third kappa shape index (κ3) is 4.32. The Bertz CT molecular complexity index is 1020. The Morgan fingerprint density at radius 3 is 2.18 bits per heavy atom. The zero-order chi connectivity index (χ0) is 20.1. The van der Waals surface area contributed by atoms with Crippen LogP contribution in [-0.4, -0.2) is 18.9 Å². The number of benzene rings is 3. The van der Waals surface area contributed by atoms with Crippen LogP contribution in [0.5, 0.6) is 5.75 Å². The standard InChI is InChI=1S/C22H19ClN2O3/c1-14-8-6-7-11-16(14)22(27)24-18-13-20(28-2)19(12-17(18)23)25-21(26)15-9-4-3-5-10-15/h3-13H,1-2H3,(H,24,27)(H,25,26). The number of rotatable bonds is 5. The smallest absolute Gasteiger partial charge is 0.255 e. The van der Waals surface area contributed by atoms with Gasteiger partial charge < -0.3 is 15.4 Å². The van der Waals surface area contributed by atoms with Crippen LogP contribution in [0.25, 0.3) is 0 Å². The number of carbonyl (C=O) groups excluding carboxylic acids is 2. The number of hydrogen-bond acceptors (Lipinski definition) is 3. The lowest BCUT2D eigenvalue weighted by Crippen LogP contribution is -2.15. The summed E-state index contributed by atoms with van der Waals surface area (Å²) in [4.78, 5) is 25.0. The van der Waals surface area contributed by atoms with Crippen molar-refractivity contribution in [3.63, 3.8) is 0 Å². The number of methoxy groups -OCH3 is 1. The molecule has 5 nitrogen and oxygen atoms in total. The van der Waals surface area contributed by atoms with Gasteiger partial charge in [0.25, 0.3) is 11.8 Å². The molecule has 3 aromatic rings. The molecule has 6 heteroatoms. The van der Waals surface area contributed by atoms with Gasteiger partial charge in [-0.05, 0) is 36.8 Å². The van der Waals surface area contributed by atoms with Crippen molar-refractivity contribution in [1.82, 2.24) is 0 Å². The minimum atomic E-state index is -0.285. The molecule has 142 valence electrons. The summed E-state index contributed by atoms with van der Waals surface area (Å²) >= 11 is 6.34. The average molecular weight is 395 g/mol. The normalized spacial score (nSPS) is 10.2. The Hall–Kier alpha value is -3.31. The van der Waals surface area contributed by atoms with Gasteiger partial charge >= 0.3 is 0 Å². The van der Waals surface area contributed by atoms with Crippen molar-refractivity contribution >= 4 is 34.8 Å². The second-order valence-electron chi connectivity index (χ2n) is 6.12. The van der Waals surface area contributed by atoms with Crippen molar-refractivity contribution in [2.75, 3.05) is 17.7 Å². The van der Waals surface area contributed by atoms with Gasteiger partial charge in [-0.1, -0.05) is 48.0 Å². The molecule has 0 atom stereocenters. The summed E-state index contributed by atoms with van der Waals surface area (Å²) in [7, 11) is 1.48. The van der Waals surface area contributed by atoms with Gasteiger partial charge in [-0.3, -0.25) is 9.59 Å². The second kappa shape index (κ2) is 8.59. The zero-order valence-corrected chi connectivity index (χ0v) is 16.2. The van der Waals surface area contributed by atoms with Crippen molar-refractivity contribution in [3.8, 4) is 5.75 Å². The number of ether oxygens (including phenoxy) is 1. The summed E-state index contributed by atoms with van der Waals surface area (Å²) in [5.41, 5.74) is 2.73. The number of nitrogens with one attached hydrogen (secondary N) is 2. The highest BCUT2D eigenvalue weighted by atomic mass is 35.5. The summed E-state index contributed by atoms with van der Waals surface area (Å²) in [6.07, 6.45) is 0. The fourth-order valence-corrected chi connectivity index (χ4v) is 2.93. The molecule has 0 radical (unpaired) electrons. The van der Waals surface area contributed by atoms with Crippen LogP contribution in [0.3, 0.4) is 0 Å². The van der Waals surface area contributed by atoms with Crippen LogP contribution >= 0.6 is 11.6 Å². The Kier molecular flexibility index (Phi) is 5.96. The van der Waals surface area contributed by atoms with Crippen LogP contribution in [0.15, 0.2) is 66.7 Å². The van der Waals surface area contributed by atoms with Gasteiger partial charge in [0.15, 0.2) is 0 Å². The van der Waals surface area contributed by atoms with Gasteiger partial charge in [0.1, 0.15) is 5.75 Å². The SMILES string of the molecule is COc1cc(NC(=O)c2ccccc2C)c(Cl)cc1NC(=O)c1ccccc1. The van der Waals surface area contributed by atoms with Gasteiger partial charge in [0, 0.05) is 17.2 Å². The first-order chi connectivity index (χ1) is 13.5. The molecule has 3 aromatic carbocycles. The topological polar surface area (TPSA) is 67.4 Å². The third-order valence-electron chi connectivity index (χ3n) is 4.21. The largest absolute Gasteiger partial charge is 0.494 e. The zero-order valence-electron chi connectivity index (χ0n) is 15.5. The molecule has 0 heterocycles. The first-order valence-corrected chi connectivity index (χ1v) is 8.98. The molecular formula is C22H19ClN2O3. The van der Waals surface area contributed by atoms with E-state index >= 15 is 0 Å². The third-order valence-corrected chi connectivity index (χ3v) is 4.52. The van der Waals surface area contributed by atoms with E-state index in [2.05, 4.69) is 10.6 Å². The van der Waals surface area contributed by atoms with E-state index in [1.165, 1.54) is 7.11 Å². The number of aryl methyl sites for hydroxylation is 1. The maximum atomic E-state index is 12.6. The molecular weight excluding hydrogens is 376 g/mol. The lowest BCUT2D eigenvalue weighted by atomic mass is 10.1. The quantitative estimate of drug-likeness (QED) is 0.628. The van der Waals surface area contributed by atoms with Crippen molar-refractivity contribution in [2.24, 2.45) is 0 Å². The van der Waals surface area contributed by atoms with E-state index in [9.17, 15) is 9.59 Å². The van der Waals surface area contributed by atoms with E-state index in [-0.39, 0.29) is 16.8 Å². The maximum absolute atomic E-state index is 12.6. The Balaban J connectivity index is 1.84. The minimum Gasteiger partial charge on any atom is -0.494 e. The molecule has 3 rings (SSSR count). The highest BCUT2D eigenvalue weighted by molar-refractivity contribution is 6.34. The van der Waals surface area contributed by atoms with Gasteiger partial charge in [-0.2, -0.15) is 0 Å². The highest BCUT2D eigenvalue weighted by Crippen LogP contribution is 2.35. The van der Waals surface area contributed by atoms with E-state index < -0.39 is 0 Å². The van der Waals surface area contributed by atoms with Crippen LogP contribution in [0, 0.1) is 6.92 Å². The number of carbonyl (C=O) groups is 2.